The van der Waals surface area contributed by atoms with E-state index < -0.39 is 5.60 Å². The Morgan fingerprint density at radius 3 is 2.56 bits per heavy atom. The van der Waals surface area contributed by atoms with Gasteiger partial charge in [0.1, 0.15) is 0 Å². The maximum atomic E-state index is 10.4. The first kappa shape index (κ1) is 13.9. The predicted octanol–water partition coefficient (Wildman–Crippen LogP) is 0.445. The summed E-state index contributed by atoms with van der Waals surface area (Å²) in [5.41, 5.74) is 5.02. The van der Waals surface area contributed by atoms with E-state index in [-0.39, 0.29) is 0 Å². The van der Waals surface area contributed by atoms with Crippen molar-refractivity contribution < 1.29 is 9.84 Å². The van der Waals surface area contributed by atoms with Crippen molar-refractivity contribution >= 4 is 0 Å². The van der Waals surface area contributed by atoms with Crippen LogP contribution in [0.3, 0.4) is 0 Å². The minimum Gasteiger partial charge on any atom is -0.387 e. The molecule has 4 heteroatoms. The van der Waals surface area contributed by atoms with Crippen molar-refractivity contribution in [3.05, 3.63) is 0 Å². The summed E-state index contributed by atoms with van der Waals surface area (Å²) in [6, 6.07) is 0. The Hall–Kier alpha value is -0.160. The van der Waals surface area contributed by atoms with Crippen LogP contribution in [0.4, 0.5) is 0 Å². The van der Waals surface area contributed by atoms with E-state index in [2.05, 4.69) is 11.8 Å². The zero-order valence-electron chi connectivity index (χ0n) is 10.6. The van der Waals surface area contributed by atoms with Crippen LogP contribution < -0.4 is 5.73 Å². The maximum absolute atomic E-state index is 10.4. The number of nitrogens with two attached hydrogens (primary N) is 1. The van der Waals surface area contributed by atoms with E-state index in [4.69, 9.17) is 10.5 Å². The van der Waals surface area contributed by atoms with Gasteiger partial charge in [0.25, 0.3) is 0 Å². The van der Waals surface area contributed by atoms with Crippen molar-refractivity contribution in [2.24, 2.45) is 11.7 Å². The van der Waals surface area contributed by atoms with Gasteiger partial charge in [0.05, 0.1) is 12.2 Å². The highest BCUT2D eigenvalue weighted by Crippen LogP contribution is 2.39. The molecule has 0 aromatic rings. The topological polar surface area (TPSA) is 58.7 Å². The summed E-state index contributed by atoms with van der Waals surface area (Å²) >= 11 is 0. The Morgan fingerprint density at radius 1 is 1.44 bits per heavy atom. The van der Waals surface area contributed by atoms with Crippen molar-refractivity contribution in [1.29, 1.82) is 0 Å². The van der Waals surface area contributed by atoms with Crippen molar-refractivity contribution in [2.45, 2.75) is 32.3 Å². The van der Waals surface area contributed by atoms with Crippen LogP contribution in [0.25, 0.3) is 0 Å². The molecule has 0 spiro atoms. The van der Waals surface area contributed by atoms with Crippen LogP contribution in [-0.4, -0.2) is 55.0 Å². The molecule has 96 valence electrons. The fraction of sp³-hybridized carbons (Fsp3) is 1.00. The van der Waals surface area contributed by atoms with Crippen molar-refractivity contribution in [3.63, 3.8) is 0 Å². The highest BCUT2D eigenvalue weighted by molar-refractivity contribution is 4.97. The fourth-order valence-electron chi connectivity index (χ4n) is 2.06. The van der Waals surface area contributed by atoms with E-state index in [9.17, 15) is 5.11 Å². The SMILES string of the molecule is CCOCCN(CC)CC(O)(CN)C1CC1. The first-order valence-electron chi connectivity index (χ1n) is 6.38. The molecule has 0 bridgehead atoms. The van der Waals surface area contributed by atoms with Gasteiger partial charge in [0.15, 0.2) is 0 Å². The Morgan fingerprint density at radius 2 is 2.12 bits per heavy atom. The molecular formula is C12H26N2O2. The lowest BCUT2D eigenvalue weighted by Crippen LogP contribution is -2.50. The molecule has 1 unspecified atom stereocenters. The molecule has 0 heterocycles. The molecule has 0 aromatic carbocycles. The molecule has 1 aliphatic rings. The first-order valence-corrected chi connectivity index (χ1v) is 6.38. The summed E-state index contributed by atoms with van der Waals surface area (Å²) in [6.45, 7) is 8.44. The number of nitrogens with zero attached hydrogens (tertiary/aromatic N) is 1. The van der Waals surface area contributed by atoms with Crippen molar-refractivity contribution in [1.82, 2.24) is 4.90 Å². The van der Waals surface area contributed by atoms with Gasteiger partial charge in [-0.2, -0.15) is 0 Å². The van der Waals surface area contributed by atoms with Crippen LogP contribution in [0.1, 0.15) is 26.7 Å². The number of likely N-dealkylation sites (N-methyl/N-ethyl adjacent to an activating group) is 1. The Kier molecular flexibility index (Phi) is 5.69. The summed E-state index contributed by atoms with van der Waals surface area (Å²) in [4.78, 5) is 2.22. The minimum absolute atomic E-state index is 0.364. The highest BCUT2D eigenvalue weighted by atomic mass is 16.5. The molecule has 0 aliphatic heterocycles. The number of aliphatic hydroxyl groups is 1. The lowest BCUT2D eigenvalue weighted by atomic mass is 9.97. The third-order valence-corrected chi connectivity index (χ3v) is 3.39. The van der Waals surface area contributed by atoms with E-state index >= 15 is 0 Å². The van der Waals surface area contributed by atoms with E-state index in [1.165, 1.54) is 0 Å². The van der Waals surface area contributed by atoms with E-state index in [0.717, 1.165) is 39.1 Å². The second-order valence-electron chi connectivity index (χ2n) is 4.65. The number of hydrogen-bond donors (Lipinski definition) is 2. The Bertz CT molecular complexity index is 197. The van der Waals surface area contributed by atoms with E-state index in [0.29, 0.717) is 19.0 Å². The van der Waals surface area contributed by atoms with Crippen LogP contribution in [0, 0.1) is 5.92 Å². The fourth-order valence-corrected chi connectivity index (χ4v) is 2.06. The highest BCUT2D eigenvalue weighted by Gasteiger charge is 2.43. The van der Waals surface area contributed by atoms with Gasteiger partial charge in [0, 0.05) is 26.2 Å². The lowest BCUT2D eigenvalue weighted by molar-refractivity contribution is -0.0133. The molecule has 3 N–H and O–H groups in total. The number of rotatable bonds is 9. The molecule has 4 nitrogen and oxygen atoms in total. The molecule has 1 rings (SSSR count). The summed E-state index contributed by atoms with van der Waals surface area (Å²) in [7, 11) is 0. The summed E-state index contributed by atoms with van der Waals surface area (Å²) in [5.74, 6) is 0.415. The van der Waals surface area contributed by atoms with Gasteiger partial charge in [-0.15, -0.1) is 0 Å². The molecule has 0 aromatic heterocycles. The lowest BCUT2D eigenvalue weighted by Gasteiger charge is -2.33. The first-order chi connectivity index (χ1) is 7.66. The van der Waals surface area contributed by atoms with Gasteiger partial charge in [0.2, 0.25) is 0 Å². The van der Waals surface area contributed by atoms with Crippen LogP contribution in [0.2, 0.25) is 0 Å². The van der Waals surface area contributed by atoms with Gasteiger partial charge < -0.3 is 15.6 Å². The third kappa shape index (κ3) is 4.01. The standard InChI is InChI=1S/C12H26N2O2/c1-3-14(7-8-16-4-2)10-12(15,9-13)11-5-6-11/h11,15H,3-10,13H2,1-2H3. The molecule has 1 fully saturated rings. The molecule has 1 atom stereocenters. The van der Waals surface area contributed by atoms with Crippen LogP contribution in [-0.2, 0) is 4.74 Å². The smallest absolute Gasteiger partial charge is 0.0923 e. The third-order valence-electron chi connectivity index (χ3n) is 3.39. The summed E-state index contributed by atoms with van der Waals surface area (Å²) in [6.07, 6.45) is 2.24. The second-order valence-corrected chi connectivity index (χ2v) is 4.65. The van der Waals surface area contributed by atoms with Gasteiger partial charge in [-0.05, 0) is 32.2 Å². The van der Waals surface area contributed by atoms with E-state index in [1.807, 2.05) is 6.92 Å². The minimum atomic E-state index is -0.678. The van der Waals surface area contributed by atoms with E-state index in [1.54, 1.807) is 0 Å². The molecule has 1 aliphatic carbocycles. The van der Waals surface area contributed by atoms with Crippen molar-refractivity contribution in [3.8, 4) is 0 Å². The average molecular weight is 230 g/mol. The monoisotopic (exact) mass is 230 g/mol. The summed E-state index contributed by atoms with van der Waals surface area (Å²) < 4.78 is 5.34. The van der Waals surface area contributed by atoms with Gasteiger partial charge in [-0.1, -0.05) is 6.92 Å². The van der Waals surface area contributed by atoms with Gasteiger partial charge >= 0.3 is 0 Å². The van der Waals surface area contributed by atoms with Crippen LogP contribution in [0.15, 0.2) is 0 Å². The summed E-state index contributed by atoms with van der Waals surface area (Å²) in [5, 5.41) is 10.4. The van der Waals surface area contributed by atoms with Gasteiger partial charge in [-0.25, -0.2) is 0 Å². The van der Waals surface area contributed by atoms with Gasteiger partial charge in [-0.3, -0.25) is 4.90 Å². The Labute approximate surface area is 98.8 Å². The number of hydrogen-bond acceptors (Lipinski definition) is 4. The second kappa shape index (κ2) is 6.55. The number of ether oxygens (including phenoxy) is 1. The predicted molar refractivity (Wildman–Crippen MR) is 65.3 cm³/mol. The Balaban J connectivity index is 2.34. The zero-order chi connectivity index (χ0) is 12.0. The largest absolute Gasteiger partial charge is 0.387 e. The zero-order valence-corrected chi connectivity index (χ0v) is 10.6. The normalized spacial score (nSPS) is 20.1. The molecule has 0 saturated heterocycles. The maximum Gasteiger partial charge on any atom is 0.0923 e. The van der Waals surface area contributed by atoms with Crippen LogP contribution in [0.5, 0.6) is 0 Å². The molecule has 0 radical (unpaired) electrons. The molecular weight excluding hydrogens is 204 g/mol. The molecule has 1 saturated carbocycles. The average Bonchev–Trinajstić information content (AvgIpc) is 3.12. The quantitative estimate of drug-likeness (QED) is 0.565. The van der Waals surface area contributed by atoms with Crippen LogP contribution >= 0.6 is 0 Å². The molecule has 16 heavy (non-hydrogen) atoms. The van der Waals surface area contributed by atoms with Crippen molar-refractivity contribution in [2.75, 3.05) is 39.4 Å². The molecule has 0 amide bonds.